The fraction of sp³-hybridized carbons (Fsp3) is 0.462. The number of hydrogen-bond acceptors (Lipinski definition) is 8. The molecule has 3 aromatic rings. The van der Waals surface area contributed by atoms with Gasteiger partial charge in [-0.25, -0.2) is 4.98 Å². The molecule has 37 heavy (non-hydrogen) atoms. The quantitative estimate of drug-likeness (QED) is 0.514. The Balaban J connectivity index is 1.43. The Morgan fingerprint density at radius 2 is 1.49 bits per heavy atom. The maximum Gasteiger partial charge on any atom is 0.419 e. The number of piperazine rings is 1. The van der Waals surface area contributed by atoms with Crippen LogP contribution in [0.2, 0.25) is 0 Å². The number of anilines is 3. The van der Waals surface area contributed by atoms with Crippen LogP contribution in [-0.2, 0) is 10.9 Å². The summed E-state index contributed by atoms with van der Waals surface area (Å²) in [5.41, 5.74) is 1.27. The molecule has 0 bridgehead atoms. The topological polar surface area (TPSA) is 70.5 Å². The van der Waals surface area contributed by atoms with Gasteiger partial charge in [-0.05, 0) is 39.0 Å². The highest BCUT2D eigenvalue weighted by Gasteiger charge is 2.36. The summed E-state index contributed by atoms with van der Waals surface area (Å²) in [5, 5.41) is 0. The largest absolute Gasteiger partial charge is 0.419 e. The van der Waals surface area contributed by atoms with Crippen LogP contribution in [0.25, 0.3) is 11.4 Å². The molecule has 2 aliphatic heterocycles. The van der Waals surface area contributed by atoms with Crippen molar-refractivity contribution in [1.29, 1.82) is 0 Å². The molecule has 0 spiro atoms. The van der Waals surface area contributed by atoms with Gasteiger partial charge in [0.25, 0.3) is 0 Å². The van der Waals surface area contributed by atoms with Crippen LogP contribution in [0.1, 0.15) is 25.0 Å². The van der Waals surface area contributed by atoms with Gasteiger partial charge in [-0.2, -0.15) is 28.1 Å². The molecule has 11 heteroatoms. The Morgan fingerprint density at radius 3 is 2.14 bits per heavy atom. The van der Waals surface area contributed by atoms with Crippen molar-refractivity contribution in [3.05, 3.63) is 53.7 Å². The Kier molecular flexibility index (Phi) is 6.89. The molecule has 2 aromatic heterocycles. The first-order chi connectivity index (χ1) is 17.7. The first kappa shape index (κ1) is 25.2. The second-order valence-corrected chi connectivity index (χ2v) is 9.64. The first-order valence-electron chi connectivity index (χ1n) is 12.4. The smallest absolute Gasteiger partial charge is 0.372 e. The highest BCUT2D eigenvalue weighted by atomic mass is 19.4. The zero-order chi connectivity index (χ0) is 26.2. The van der Waals surface area contributed by atoms with E-state index in [1.54, 1.807) is 4.90 Å². The number of aromatic nitrogens is 4. The van der Waals surface area contributed by atoms with Crippen molar-refractivity contribution in [2.24, 2.45) is 0 Å². The summed E-state index contributed by atoms with van der Waals surface area (Å²) in [4.78, 5) is 24.2. The minimum Gasteiger partial charge on any atom is -0.372 e. The van der Waals surface area contributed by atoms with Crippen LogP contribution in [0.3, 0.4) is 0 Å². The lowest BCUT2D eigenvalue weighted by Crippen LogP contribution is -2.48. The molecular weight excluding hydrogens is 483 g/mol. The molecule has 0 aliphatic carbocycles. The van der Waals surface area contributed by atoms with Crippen molar-refractivity contribution in [3.63, 3.8) is 0 Å². The predicted molar refractivity (Wildman–Crippen MR) is 136 cm³/mol. The molecule has 0 saturated carbocycles. The van der Waals surface area contributed by atoms with E-state index in [1.165, 1.54) is 12.3 Å². The summed E-state index contributed by atoms with van der Waals surface area (Å²) < 4.78 is 46.5. The third kappa shape index (κ3) is 5.61. The van der Waals surface area contributed by atoms with E-state index < -0.39 is 11.7 Å². The third-order valence-electron chi connectivity index (χ3n) is 6.54. The van der Waals surface area contributed by atoms with Crippen molar-refractivity contribution in [2.45, 2.75) is 39.2 Å². The van der Waals surface area contributed by atoms with Gasteiger partial charge in [-0.1, -0.05) is 23.8 Å². The van der Waals surface area contributed by atoms with Crippen molar-refractivity contribution >= 4 is 17.7 Å². The van der Waals surface area contributed by atoms with Gasteiger partial charge >= 0.3 is 6.18 Å². The second-order valence-electron chi connectivity index (χ2n) is 9.64. The zero-order valence-corrected chi connectivity index (χ0v) is 21.1. The first-order valence-corrected chi connectivity index (χ1v) is 12.4. The maximum atomic E-state index is 13.5. The molecular formula is C26H30F3N7O. The zero-order valence-electron chi connectivity index (χ0n) is 21.1. The van der Waals surface area contributed by atoms with E-state index >= 15 is 0 Å². The summed E-state index contributed by atoms with van der Waals surface area (Å²) in [7, 11) is 0. The van der Waals surface area contributed by atoms with E-state index in [9.17, 15) is 13.2 Å². The Morgan fingerprint density at radius 1 is 0.838 bits per heavy atom. The van der Waals surface area contributed by atoms with E-state index in [0.29, 0.717) is 57.0 Å². The highest BCUT2D eigenvalue weighted by Crippen LogP contribution is 2.35. The molecule has 0 radical (unpaired) electrons. The summed E-state index contributed by atoms with van der Waals surface area (Å²) >= 11 is 0. The molecule has 2 saturated heterocycles. The van der Waals surface area contributed by atoms with E-state index in [0.717, 1.165) is 17.2 Å². The number of rotatable bonds is 4. The molecule has 2 unspecified atom stereocenters. The molecule has 196 valence electrons. The standard InChI is InChI=1S/C26H30F3N7O/c1-17-6-4-7-20(14-17)22-31-24(33-25(32-22)36-15-18(2)37-19(3)16-36)35-12-10-34(11-13-35)23-21(26(27,28)29)8-5-9-30-23/h4-9,14,18-19H,10-13,15-16H2,1-3H3. The molecule has 2 aliphatic rings. The average Bonchev–Trinajstić information content (AvgIpc) is 2.87. The average molecular weight is 514 g/mol. The Labute approximate surface area is 214 Å². The van der Waals surface area contributed by atoms with Crippen molar-refractivity contribution in [2.75, 3.05) is 54.0 Å². The number of alkyl halides is 3. The van der Waals surface area contributed by atoms with Gasteiger partial charge in [-0.15, -0.1) is 0 Å². The molecule has 5 rings (SSSR count). The lowest BCUT2D eigenvalue weighted by Gasteiger charge is -2.37. The number of pyridine rings is 1. The van der Waals surface area contributed by atoms with Crippen LogP contribution in [0.4, 0.5) is 30.9 Å². The van der Waals surface area contributed by atoms with Crippen LogP contribution >= 0.6 is 0 Å². The van der Waals surface area contributed by atoms with Crippen molar-refractivity contribution in [1.82, 2.24) is 19.9 Å². The minimum absolute atomic E-state index is 0.0381. The number of ether oxygens (including phenoxy) is 1. The maximum absolute atomic E-state index is 13.5. The fourth-order valence-electron chi connectivity index (χ4n) is 4.88. The molecule has 8 nitrogen and oxygen atoms in total. The predicted octanol–water partition coefficient (Wildman–Crippen LogP) is 4.20. The number of benzene rings is 1. The molecule has 2 fully saturated rings. The van der Waals surface area contributed by atoms with E-state index in [4.69, 9.17) is 19.7 Å². The molecule has 0 amide bonds. The lowest BCUT2D eigenvalue weighted by atomic mass is 10.1. The number of aryl methyl sites for hydroxylation is 1. The summed E-state index contributed by atoms with van der Waals surface area (Å²) in [6, 6.07) is 10.4. The van der Waals surface area contributed by atoms with Crippen molar-refractivity contribution < 1.29 is 17.9 Å². The summed E-state index contributed by atoms with van der Waals surface area (Å²) in [6.07, 6.45) is -2.99. The van der Waals surface area contributed by atoms with Crippen LogP contribution < -0.4 is 14.7 Å². The SMILES string of the molecule is Cc1cccc(-c2nc(N3CCN(c4ncccc4C(F)(F)F)CC3)nc(N3CC(C)OC(C)C3)n2)c1. The van der Waals surface area contributed by atoms with Gasteiger partial charge in [0.2, 0.25) is 11.9 Å². The van der Waals surface area contributed by atoms with Gasteiger partial charge in [0.05, 0.1) is 17.8 Å². The second kappa shape index (κ2) is 10.1. The number of nitrogens with zero attached hydrogens (tertiary/aromatic N) is 7. The normalized spacial score (nSPS) is 20.9. The Hall–Kier alpha value is -3.47. The molecule has 0 N–H and O–H groups in total. The summed E-state index contributed by atoms with van der Waals surface area (Å²) in [6.45, 7) is 9.05. The monoisotopic (exact) mass is 513 g/mol. The van der Waals surface area contributed by atoms with Gasteiger partial charge in [-0.3, -0.25) is 0 Å². The highest BCUT2D eigenvalue weighted by molar-refractivity contribution is 5.60. The lowest BCUT2D eigenvalue weighted by molar-refractivity contribution is -0.137. The van der Waals surface area contributed by atoms with E-state index in [2.05, 4.69) is 9.88 Å². The molecule has 1 aromatic carbocycles. The van der Waals surface area contributed by atoms with Crippen LogP contribution in [0.15, 0.2) is 42.6 Å². The number of halogens is 3. The third-order valence-corrected chi connectivity index (χ3v) is 6.54. The number of morpholine rings is 1. The van der Waals surface area contributed by atoms with Gasteiger partial charge in [0.15, 0.2) is 5.82 Å². The van der Waals surface area contributed by atoms with Gasteiger partial charge < -0.3 is 19.4 Å². The van der Waals surface area contributed by atoms with Crippen LogP contribution in [0, 0.1) is 6.92 Å². The van der Waals surface area contributed by atoms with Crippen molar-refractivity contribution in [3.8, 4) is 11.4 Å². The minimum atomic E-state index is -4.46. The fourth-order valence-corrected chi connectivity index (χ4v) is 4.88. The Bertz CT molecular complexity index is 1240. The van der Waals surface area contributed by atoms with E-state index in [-0.39, 0.29) is 18.0 Å². The summed E-state index contributed by atoms with van der Waals surface area (Å²) in [5.74, 6) is 1.63. The molecule has 4 heterocycles. The molecule has 2 atom stereocenters. The van der Waals surface area contributed by atoms with Crippen LogP contribution in [-0.4, -0.2) is 71.4 Å². The van der Waals surface area contributed by atoms with Gasteiger partial charge in [0.1, 0.15) is 5.82 Å². The van der Waals surface area contributed by atoms with Gasteiger partial charge in [0, 0.05) is 51.0 Å². The number of hydrogen-bond donors (Lipinski definition) is 0. The van der Waals surface area contributed by atoms with E-state index in [1.807, 2.05) is 49.9 Å². The van der Waals surface area contributed by atoms with Crippen LogP contribution in [0.5, 0.6) is 0 Å².